The summed E-state index contributed by atoms with van der Waals surface area (Å²) >= 11 is 0. The number of rotatable bonds is 5. The largest absolute Gasteiger partial charge is 0.369 e. The zero-order chi connectivity index (χ0) is 17.1. The van der Waals surface area contributed by atoms with Crippen LogP contribution >= 0.6 is 0 Å². The Morgan fingerprint density at radius 1 is 0.640 bits per heavy atom. The van der Waals surface area contributed by atoms with E-state index < -0.39 is 0 Å². The van der Waals surface area contributed by atoms with Gasteiger partial charge in [0.2, 0.25) is 0 Å². The second-order valence-electron chi connectivity index (χ2n) is 6.39. The molecule has 0 atom stereocenters. The molecule has 4 rings (SSSR count). The molecule has 0 heterocycles. The van der Waals surface area contributed by atoms with Crippen LogP contribution in [0.1, 0.15) is 30.6 Å². The van der Waals surface area contributed by atoms with Crippen molar-refractivity contribution in [3.63, 3.8) is 0 Å². The van der Waals surface area contributed by atoms with E-state index in [4.69, 9.17) is 4.74 Å². The molecule has 0 saturated heterocycles. The van der Waals surface area contributed by atoms with Crippen LogP contribution in [-0.4, -0.2) is 6.61 Å². The van der Waals surface area contributed by atoms with Gasteiger partial charge in [0.15, 0.2) is 0 Å². The van der Waals surface area contributed by atoms with Crippen molar-refractivity contribution in [2.75, 3.05) is 6.61 Å². The van der Waals surface area contributed by atoms with Crippen LogP contribution in [0, 0.1) is 0 Å². The van der Waals surface area contributed by atoms with Gasteiger partial charge >= 0.3 is 0 Å². The molecule has 0 saturated carbocycles. The molecule has 0 aliphatic heterocycles. The first kappa shape index (κ1) is 15.9. The molecule has 124 valence electrons. The van der Waals surface area contributed by atoms with Gasteiger partial charge in [-0.05, 0) is 39.1 Å². The fraction of sp³-hybridized carbons (Fsp3) is 0.167. The fourth-order valence-electron chi connectivity index (χ4n) is 3.54. The zero-order valence-electron chi connectivity index (χ0n) is 14.5. The first-order valence-electron chi connectivity index (χ1n) is 8.95. The van der Waals surface area contributed by atoms with Crippen LogP contribution in [0.5, 0.6) is 0 Å². The molecule has 25 heavy (non-hydrogen) atoms. The van der Waals surface area contributed by atoms with Gasteiger partial charge in [0.05, 0.1) is 0 Å². The highest BCUT2D eigenvalue weighted by atomic mass is 16.5. The molecule has 0 unspecified atom stereocenters. The van der Waals surface area contributed by atoms with Crippen LogP contribution in [0.4, 0.5) is 0 Å². The summed E-state index contributed by atoms with van der Waals surface area (Å²) in [5, 5.41) is 5.04. The lowest BCUT2D eigenvalue weighted by atomic mass is 9.92. The van der Waals surface area contributed by atoms with Crippen LogP contribution in [-0.2, 0) is 4.74 Å². The number of hydrogen-bond donors (Lipinski definition) is 0. The highest BCUT2D eigenvalue weighted by Crippen LogP contribution is 2.35. The highest BCUT2D eigenvalue weighted by molar-refractivity contribution is 5.89. The van der Waals surface area contributed by atoms with Crippen molar-refractivity contribution in [1.29, 1.82) is 0 Å². The van der Waals surface area contributed by atoms with E-state index in [1.165, 1.54) is 32.7 Å². The minimum Gasteiger partial charge on any atom is -0.369 e. The quantitative estimate of drug-likeness (QED) is 0.406. The topological polar surface area (TPSA) is 9.23 Å². The molecule has 4 aromatic rings. The van der Waals surface area contributed by atoms with E-state index in [1.807, 2.05) is 0 Å². The Labute approximate surface area is 148 Å². The molecule has 0 fully saturated rings. The van der Waals surface area contributed by atoms with Crippen molar-refractivity contribution in [3.05, 3.63) is 96.1 Å². The van der Waals surface area contributed by atoms with Gasteiger partial charge in [0.25, 0.3) is 0 Å². The van der Waals surface area contributed by atoms with E-state index >= 15 is 0 Å². The number of fused-ring (bicyclic) bond motifs is 2. The standard InChI is InChI=1S/C24H22O/c1-2-17-25-24(22-15-7-11-18-9-3-5-13-20(18)22)23-16-8-12-19-10-4-6-14-21(19)23/h3-16,24H,2,17H2,1H3. The first-order valence-corrected chi connectivity index (χ1v) is 8.95. The maximum Gasteiger partial charge on any atom is 0.109 e. The Kier molecular flexibility index (Phi) is 4.49. The van der Waals surface area contributed by atoms with Gasteiger partial charge in [-0.3, -0.25) is 0 Å². The Morgan fingerprint density at radius 2 is 1.12 bits per heavy atom. The molecule has 0 radical (unpaired) electrons. The average Bonchev–Trinajstić information content (AvgIpc) is 2.68. The predicted octanol–water partition coefficient (Wildman–Crippen LogP) is 6.51. The second-order valence-corrected chi connectivity index (χ2v) is 6.39. The average molecular weight is 326 g/mol. The summed E-state index contributed by atoms with van der Waals surface area (Å²) < 4.78 is 6.38. The van der Waals surface area contributed by atoms with Gasteiger partial charge in [-0.2, -0.15) is 0 Å². The van der Waals surface area contributed by atoms with E-state index in [0.717, 1.165) is 13.0 Å². The van der Waals surface area contributed by atoms with Gasteiger partial charge in [0.1, 0.15) is 6.10 Å². The van der Waals surface area contributed by atoms with Crippen LogP contribution < -0.4 is 0 Å². The van der Waals surface area contributed by atoms with Crippen molar-refractivity contribution in [2.24, 2.45) is 0 Å². The number of hydrogen-bond acceptors (Lipinski definition) is 1. The molecule has 1 nitrogen and oxygen atoms in total. The third-order valence-electron chi connectivity index (χ3n) is 4.70. The van der Waals surface area contributed by atoms with Crippen LogP contribution in [0.15, 0.2) is 84.9 Å². The summed E-state index contributed by atoms with van der Waals surface area (Å²) in [6, 6.07) is 30.1. The summed E-state index contributed by atoms with van der Waals surface area (Å²) in [7, 11) is 0. The minimum absolute atomic E-state index is 0.0582. The molecular formula is C24H22O. The summed E-state index contributed by atoms with van der Waals surface area (Å²) in [5.41, 5.74) is 2.48. The van der Waals surface area contributed by atoms with E-state index in [1.54, 1.807) is 0 Å². The Bertz CT molecular complexity index is 913. The Hall–Kier alpha value is -2.64. The molecular weight excluding hydrogens is 304 g/mol. The molecule has 0 aliphatic rings. The first-order chi connectivity index (χ1) is 12.4. The second kappa shape index (κ2) is 7.08. The Morgan fingerprint density at radius 3 is 1.64 bits per heavy atom. The minimum atomic E-state index is -0.0582. The maximum absolute atomic E-state index is 6.38. The summed E-state index contributed by atoms with van der Waals surface area (Å²) in [6.07, 6.45) is 0.948. The highest BCUT2D eigenvalue weighted by Gasteiger charge is 2.19. The lowest BCUT2D eigenvalue weighted by Crippen LogP contribution is -2.08. The van der Waals surface area contributed by atoms with E-state index in [-0.39, 0.29) is 6.10 Å². The lowest BCUT2D eigenvalue weighted by Gasteiger charge is -2.22. The van der Waals surface area contributed by atoms with Crippen LogP contribution in [0.25, 0.3) is 21.5 Å². The molecule has 0 aliphatic carbocycles. The molecule has 0 aromatic heterocycles. The SMILES string of the molecule is CCCOC(c1cccc2ccccc12)c1cccc2ccccc12. The van der Waals surface area contributed by atoms with E-state index in [0.29, 0.717) is 0 Å². The summed E-state index contributed by atoms with van der Waals surface area (Å²) in [4.78, 5) is 0. The summed E-state index contributed by atoms with van der Waals surface area (Å²) in [6.45, 7) is 2.90. The predicted molar refractivity (Wildman–Crippen MR) is 106 cm³/mol. The molecule has 0 amide bonds. The lowest BCUT2D eigenvalue weighted by molar-refractivity contribution is 0.0825. The van der Waals surface area contributed by atoms with Crippen molar-refractivity contribution in [1.82, 2.24) is 0 Å². The summed E-state index contributed by atoms with van der Waals surface area (Å²) in [5.74, 6) is 0. The van der Waals surface area contributed by atoms with Crippen molar-refractivity contribution in [3.8, 4) is 0 Å². The fourth-order valence-corrected chi connectivity index (χ4v) is 3.54. The van der Waals surface area contributed by atoms with Gasteiger partial charge in [-0.15, -0.1) is 0 Å². The van der Waals surface area contributed by atoms with Gasteiger partial charge in [0, 0.05) is 6.61 Å². The van der Waals surface area contributed by atoms with Gasteiger partial charge in [-0.25, -0.2) is 0 Å². The maximum atomic E-state index is 6.38. The normalized spacial score (nSPS) is 11.4. The van der Waals surface area contributed by atoms with Crippen LogP contribution in [0.3, 0.4) is 0 Å². The number of benzene rings is 4. The molecule has 4 aromatic carbocycles. The zero-order valence-corrected chi connectivity index (χ0v) is 14.5. The van der Waals surface area contributed by atoms with Crippen molar-refractivity contribution < 1.29 is 4.74 Å². The van der Waals surface area contributed by atoms with Crippen molar-refractivity contribution >= 4 is 21.5 Å². The Balaban J connectivity index is 1.94. The monoisotopic (exact) mass is 326 g/mol. The molecule has 0 bridgehead atoms. The van der Waals surface area contributed by atoms with Crippen molar-refractivity contribution in [2.45, 2.75) is 19.4 Å². The third-order valence-corrected chi connectivity index (χ3v) is 4.70. The smallest absolute Gasteiger partial charge is 0.109 e. The van der Waals surface area contributed by atoms with Gasteiger partial charge < -0.3 is 4.74 Å². The van der Waals surface area contributed by atoms with Crippen LogP contribution in [0.2, 0.25) is 0 Å². The van der Waals surface area contributed by atoms with Gasteiger partial charge in [-0.1, -0.05) is 91.9 Å². The van der Waals surface area contributed by atoms with E-state index in [2.05, 4.69) is 91.9 Å². The number of ether oxygens (including phenoxy) is 1. The molecule has 0 N–H and O–H groups in total. The van der Waals surface area contributed by atoms with E-state index in [9.17, 15) is 0 Å². The molecule has 0 spiro atoms. The third kappa shape index (κ3) is 3.04. The molecule has 1 heteroatoms.